The maximum Gasteiger partial charge on any atom is 0.235 e. The number of aromatic hydroxyl groups is 1. The molecule has 0 fully saturated rings. The molecule has 0 aliphatic rings. The molecular formula is C19H21N5O4. The minimum absolute atomic E-state index is 0.0289. The van der Waals surface area contributed by atoms with Gasteiger partial charge in [-0.25, -0.2) is 0 Å². The number of phenolic OH excluding ortho intramolecular Hbond substituents is 1. The summed E-state index contributed by atoms with van der Waals surface area (Å²) in [7, 11) is 1.47. The number of rotatable bonds is 8. The van der Waals surface area contributed by atoms with E-state index in [-0.39, 0.29) is 17.5 Å². The number of nitrogens with one attached hydrogen (secondary N) is 2. The smallest absolute Gasteiger partial charge is 0.235 e. The van der Waals surface area contributed by atoms with Gasteiger partial charge in [-0.3, -0.25) is 4.79 Å². The van der Waals surface area contributed by atoms with Crippen molar-refractivity contribution in [3.05, 3.63) is 53.9 Å². The second-order valence-electron chi connectivity index (χ2n) is 5.98. The number of benzene rings is 2. The predicted molar refractivity (Wildman–Crippen MR) is 102 cm³/mol. The van der Waals surface area contributed by atoms with Crippen LogP contribution in [0, 0.1) is 0 Å². The monoisotopic (exact) mass is 383 g/mol. The number of H-pyrrole nitrogens is 1. The predicted octanol–water partition coefficient (Wildman–Crippen LogP) is 2.28. The summed E-state index contributed by atoms with van der Waals surface area (Å²) in [5.41, 5.74) is 1.41. The number of nitrogens with zero attached hydrogens (tertiary/aromatic N) is 3. The Labute approximate surface area is 161 Å². The van der Waals surface area contributed by atoms with Crippen LogP contribution < -0.4 is 14.8 Å². The van der Waals surface area contributed by atoms with Crippen LogP contribution in [0.5, 0.6) is 17.2 Å². The highest BCUT2D eigenvalue weighted by molar-refractivity contribution is 5.95. The van der Waals surface area contributed by atoms with Crippen molar-refractivity contribution in [2.45, 2.75) is 19.3 Å². The fraction of sp³-hybridized carbons (Fsp3) is 0.263. The fourth-order valence-corrected chi connectivity index (χ4v) is 2.73. The van der Waals surface area contributed by atoms with E-state index in [0.29, 0.717) is 24.5 Å². The van der Waals surface area contributed by atoms with Crippen LogP contribution in [-0.2, 0) is 11.2 Å². The van der Waals surface area contributed by atoms with E-state index >= 15 is 0 Å². The summed E-state index contributed by atoms with van der Waals surface area (Å²) >= 11 is 0. The topological polar surface area (TPSA) is 122 Å². The van der Waals surface area contributed by atoms with E-state index in [9.17, 15) is 9.90 Å². The van der Waals surface area contributed by atoms with Crippen LogP contribution in [0.1, 0.15) is 24.2 Å². The van der Waals surface area contributed by atoms with Crippen LogP contribution in [0.4, 0.5) is 5.69 Å². The van der Waals surface area contributed by atoms with E-state index < -0.39 is 5.92 Å². The molecule has 146 valence electrons. The van der Waals surface area contributed by atoms with Crippen LogP contribution in [0.15, 0.2) is 42.5 Å². The number of amides is 1. The van der Waals surface area contributed by atoms with Crippen molar-refractivity contribution >= 4 is 11.6 Å². The molecule has 1 amide bonds. The summed E-state index contributed by atoms with van der Waals surface area (Å²) in [5, 5.41) is 26.5. The number of aromatic amines is 1. The van der Waals surface area contributed by atoms with Gasteiger partial charge in [-0.15, -0.1) is 10.2 Å². The Hall–Kier alpha value is -3.62. The quantitative estimate of drug-likeness (QED) is 0.545. The molecule has 3 aromatic rings. The Morgan fingerprint density at radius 2 is 2.04 bits per heavy atom. The fourth-order valence-electron chi connectivity index (χ4n) is 2.73. The molecule has 9 heteroatoms. The molecule has 0 saturated heterocycles. The first kappa shape index (κ1) is 19.2. The third kappa shape index (κ3) is 4.56. The SMILES string of the molecule is CCOc1ccc(NC(=O)[C@H](Cc2ccc(O)c(OC)c2)c2nn[nH]n2)cc1. The van der Waals surface area contributed by atoms with Gasteiger partial charge in [0.25, 0.3) is 0 Å². The molecule has 1 atom stereocenters. The number of anilines is 1. The minimum atomic E-state index is -0.681. The molecule has 0 aliphatic carbocycles. The summed E-state index contributed by atoms with van der Waals surface area (Å²) in [6.45, 7) is 2.48. The van der Waals surface area contributed by atoms with Crippen molar-refractivity contribution in [1.82, 2.24) is 20.6 Å². The van der Waals surface area contributed by atoms with Gasteiger partial charge < -0.3 is 19.9 Å². The van der Waals surface area contributed by atoms with Crippen LogP contribution >= 0.6 is 0 Å². The Bertz CT molecular complexity index is 913. The van der Waals surface area contributed by atoms with Crippen LogP contribution in [-0.4, -0.2) is 45.4 Å². The highest BCUT2D eigenvalue weighted by atomic mass is 16.5. The number of hydrogen-bond donors (Lipinski definition) is 3. The molecule has 0 aliphatic heterocycles. The average Bonchev–Trinajstić information content (AvgIpc) is 3.23. The maximum atomic E-state index is 12.9. The lowest BCUT2D eigenvalue weighted by Gasteiger charge is -2.15. The summed E-state index contributed by atoms with van der Waals surface area (Å²) < 4.78 is 10.5. The van der Waals surface area contributed by atoms with Gasteiger partial charge in [-0.2, -0.15) is 5.21 Å². The normalized spacial score (nSPS) is 11.6. The number of aromatic nitrogens is 4. The largest absolute Gasteiger partial charge is 0.504 e. The Morgan fingerprint density at radius 3 is 2.68 bits per heavy atom. The number of ether oxygens (including phenoxy) is 2. The summed E-state index contributed by atoms with van der Waals surface area (Å²) in [6.07, 6.45) is 0.305. The average molecular weight is 383 g/mol. The number of tetrazole rings is 1. The molecule has 0 unspecified atom stereocenters. The lowest BCUT2D eigenvalue weighted by molar-refractivity contribution is -0.117. The first-order valence-electron chi connectivity index (χ1n) is 8.73. The molecule has 3 rings (SSSR count). The highest BCUT2D eigenvalue weighted by Crippen LogP contribution is 2.29. The zero-order valence-electron chi connectivity index (χ0n) is 15.5. The zero-order valence-corrected chi connectivity index (χ0v) is 15.5. The molecular weight excluding hydrogens is 362 g/mol. The van der Waals surface area contributed by atoms with Gasteiger partial charge in [0.05, 0.1) is 13.7 Å². The van der Waals surface area contributed by atoms with Crippen LogP contribution in [0.3, 0.4) is 0 Å². The van der Waals surface area contributed by atoms with Gasteiger partial charge in [0, 0.05) is 5.69 Å². The molecule has 0 saturated carbocycles. The number of hydrogen-bond acceptors (Lipinski definition) is 7. The second kappa shape index (κ2) is 8.85. The van der Waals surface area contributed by atoms with E-state index in [1.807, 2.05) is 6.92 Å². The molecule has 0 bridgehead atoms. The van der Waals surface area contributed by atoms with Gasteiger partial charge >= 0.3 is 0 Å². The molecule has 9 nitrogen and oxygen atoms in total. The zero-order chi connectivity index (χ0) is 19.9. The molecule has 2 aromatic carbocycles. The molecule has 3 N–H and O–H groups in total. The van der Waals surface area contributed by atoms with Gasteiger partial charge in [0.2, 0.25) is 5.91 Å². The Kier molecular flexibility index (Phi) is 6.05. The number of carbonyl (C=O) groups is 1. The molecule has 0 radical (unpaired) electrons. The van der Waals surface area contributed by atoms with Crippen molar-refractivity contribution in [3.8, 4) is 17.2 Å². The van der Waals surface area contributed by atoms with Crippen molar-refractivity contribution in [2.75, 3.05) is 19.0 Å². The third-order valence-corrected chi connectivity index (χ3v) is 4.11. The maximum absolute atomic E-state index is 12.9. The molecule has 0 spiro atoms. The van der Waals surface area contributed by atoms with Gasteiger partial charge in [0.1, 0.15) is 11.7 Å². The first-order chi connectivity index (χ1) is 13.6. The summed E-state index contributed by atoms with van der Waals surface area (Å²) in [6, 6.07) is 12.0. The second-order valence-corrected chi connectivity index (χ2v) is 5.98. The first-order valence-corrected chi connectivity index (χ1v) is 8.73. The Balaban J connectivity index is 1.79. The van der Waals surface area contributed by atoms with Crippen molar-refractivity contribution in [3.63, 3.8) is 0 Å². The lowest BCUT2D eigenvalue weighted by Crippen LogP contribution is -2.24. The van der Waals surface area contributed by atoms with Crippen molar-refractivity contribution < 1.29 is 19.4 Å². The highest BCUT2D eigenvalue weighted by Gasteiger charge is 2.26. The molecule has 1 aromatic heterocycles. The van der Waals surface area contributed by atoms with Crippen LogP contribution in [0.2, 0.25) is 0 Å². The minimum Gasteiger partial charge on any atom is -0.504 e. The van der Waals surface area contributed by atoms with E-state index in [4.69, 9.17) is 9.47 Å². The molecule has 1 heterocycles. The number of methoxy groups -OCH3 is 1. The Morgan fingerprint density at radius 1 is 1.25 bits per heavy atom. The standard InChI is InChI=1S/C19H21N5O4/c1-3-28-14-7-5-13(6-8-14)20-19(26)15(18-21-23-24-22-18)10-12-4-9-16(25)17(11-12)27-2/h4-9,11,15,25H,3,10H2,1-2H3,(H,20,26)(H,21,22,23,24)/t15-/m1/s1. The van der Waals surface area contributed by atoms with E-state index in [1.165, 1.54) is 13.2 Å². The molecule has 28 heavy (non-hydrogen) atoms. The van der Waals surface area contributed by atoms with Crippen molar-refractivity contribution in [2.24, 2.45) is 0 Å². The lowest BCUT2D eigenvalue weighted by atomic mass is 9.97. The van der Waals surface area contributed by atoms with Gasteiger partial charge in [-0.05, 0) is 55.3 Å². The van der Waals surface area contributed by atoms with E-state index in [0.717, 1.165) is 11.3 Å². The third-order valence-electron chi connectivity index (χ3n) is 4.11. The number of carbonyl (C=O) groups excluding carboxylic acids is 1. The summed E-state index contributed by atoms with van der Waals surface area (Å²) in [5.74, 6) is 0.400. The van der Waals surface area contributed by atoms with Crippen molar-refractivity contribution in [1.29, 1.82) is 0 Å². The van der Waals surface area contributed by atoms with E-state index in [2.05, 4.69) is 25.9 Å². The number of phenols is 1. The van der Waals surface area contributed by atoms with Gasteiger partial charge in [-0.1, -0.05) is 11.3 Å². The van der Waals surface area contributed by atoms with Gasteiger partial charge in [0.15, 0.2) is 17.3 Å². The summed E-state index contributed by atoms with van der Waals surface area (Å²) in [4.78, 5) is 12.9. The van der Waals surface area contributed by atoms with Crippen LogP contribution in [0.25, 0.3) is 0 Å². The van der Waals surface area contributed by atoms with E-state index in [1.54, 1.807) is 36.4 Å².